The van der Waals surface area contributed by atoms with Crippen molar-refractivity contribution in [2.75, 3.05) is 20.8 Å². The maximum atomic E-state index is 13.3. The second-order valence-electron chi connectivity index (χ2n) is 8.42. The summed E-state index contributed by atoms with van der Waals surface area (Å²) in [6.07, 6.45) is 4.74. The zero-order valence-corrected chi connectivity index (χ0v) is 20.6. The summed E-state index contributed by atoms with van der Waals surface area (Å²) in [4.78, 5) is 42.9. The number of fused-ring (bicyclic) bond motifs is 1. The topological polar surface area (TPSA) is 123 Å². The number of esters is 1. The van der Waals surface area contributed by atoms with Crippen LogP contribution in [-0.4, -0.2) is 53.0 Å². The predicted octanol–water partition coefficient (Wildman–Crippen LogP) is 3.04. The number of rotatable bonds is 9. The first-order valence-electron chi connectivity index (χ1n) is 11.4. The Labute approximate surface area is 202 Å². The molecular weight excluding hydrogens is 456 g/mol. The fourth-order valence-corrected chi connectivity index (χ4v) is 5.00. The second kappa shape index (κ2) is 11.5. The molecule has 9 nitrogen and oxygen atoms in total. The fraction of sp³-hybridized carbons (Fsp3) is 0.542. The molecule has 34 heavy (non-hydrogen) atoms. The van der Waals surface area contributed by atoms with Crippen molar-refractivity contribution in [1.82, 2.24) is 14.9 Å². The van der Waals surface area contributed by atoms with Gasteiger partial charge in [0.2, 0.25) is 5.91 Å². The molecule has 0 bridgehead atoms. The summed E-state index contributed by atoms with van der Waals surface area (Å²) in [7, 11) is 2.88. The zero-order valence-electron chi connectivity index (χ0n) is 19.8. The Balaban J connectivity index is 1.93. The molecule has 1 heterocycles. The summed E-state index contributed by atoms with van der Waals surface area (Å²) in [5.41, 5.74) is -0.455. The van der Waals surface area contributed by atoms with Crippen LogP contribution in [0.4, 0.5) is 0 Å². The lowest BCUT2D eigenvalue weighted by Gasteiger charge is -2.32. The van der Waals surface area contributed by atoms with Gasteiger partial charge in [-0.15, -0.1) is 0 Å². The SMILES string of the molecule is COCCCn1c(SC(C)C(=O)NC2(C#N)CCCCC2)nc2cc(C(=O)OC)ccc2c1=O. The molecule has 1 fully saturated rings. The molecule has 1 aliphatic carbocycles. The summed E-state index contributed by atoms with van der Waals surface area (Å²) in [6, 6.07) is 6.91. The van der Waals surface area contributed by atoms with E-state index in [9.17, 15) is 19.6 Å². The van der Waals surface area contributed by atoms with Crippen molar-refractivity contribution in [3.05, 3.63) is 34.1 Å². The highest BCUT2D eigenvalue weighted by Gasteiger charge is 2.35. The van der Waals surface area contributed by atoms with Crippen molar-refractivity contribution in [1.29, 1.82) is 5.26 Å². The molecule has 1 aliphatic rings. The average molecular weight is 487 g/mol. The van der Waals surface area contributed by atoms with Crippen LogP contribution in [0.25, 0.3) is 10.9 Å². The molecule has 1 aromatic heterocycles. The van der Waals surface area contributed by atoms with E-state index in [0.717, 1.165) is 31.0 Å². The molecule has 1 atom stereocenters. The normalized spacial score (nSPS) is 15.9. The quantitative estimate of drug-likeness (QED) is 0.248. The van der Waals surface area contributed by atoms with E-state index in [1.54, 1.807) is 20.1 Å². The molecule has 1 N–H and O–H groups in total. The van der Waals surface area contributed by atoms with Gasteiger partial charge in [0, 0.05) is 20.3 Å². The summed E-state index contributed by atoms with van der Waals surface area (Å²) < 4.78 is 11.4. The van der Waals surface area contributed by atoms with Gasteiger partial charge in [-0.3, -0.25) is 14.2 Å². The van der Waals surface area contributed by atoms with Crippen molar-refractivity contribution in [3.63, 3.8) is 0 Å². The lowest BCUT2D eigenvalue weighted by Crippen LogP contribution is -2.51. The van der Waals surface area contributed by atoms with Crippen LogP contribution in [0.2, 0.25) is 0 Å². The Bertz CT molecular complexity index is 1150. The van der Waals surface area contributed by atoms with Crippen LogP contribution in [0.5, 0.6) is 0 Å². The van der Waals surface area contributed by atoms with Crippen LogP contribution < -0.4 is 10.9 Å². The first-order valence-corrected chi connectivity index (χ1v) is 12.2. The summed E-state index contributed by atoms with van der Waals surface area (Å²) in [5, 5.41) is 12.8. The number of thioether (sulfide) groups is 1. The van der Waals surface area contributed by atoms with Gasteiger partial charge >= 0.3 is 5.97 Å². The third-order valence-electron chi connectivity index (χ3n) is 6.01. The molecule has 1 saturated carbocycles. The van der Waals surface area contributed by atoms with Crippen LogP contribution in [-0.2, 0) is 20.8 Å². The van der Waals surface area contributed by atoms with Crippen LogP contribution in [0, 0.1) is 11.3 Å². The van der Waals surface area contributed by atoms with Gasteiger partial charge in [0.15, 0.2) is 5.16 Å². The fourth-order valence-electron chi connectivity index (χ4n) is 4.07. The van der Waals surface area contributed by atoms with Crippen molar-refractivity contribution >= 4 is 34.5 Å². The van der Waals surface area contributed by atoms with Crippen molar-refractivity contribution in [2.45, 2.75) is 67.9 Å². The van der Waals surface area contributed by atoms with E-state index in [1.165, 1.54) is 23.8 Å². The summed E-state index contributed by atoms with van der Waals surface area (Å²) in [5.74, 6) is -0.793. The zero-order chi connectivity index (χ0) is 24.7. The molecule has 0 aliphatic heterocycles. The van der Waals surface area contributed by atoms with Crippen molar-refractivity contribution < 1.29 is 19.1 Å². The number of benzene rings is 1. The third kappa shape index (κ3) is 5.77. The molecular formula is C24H30N4O5S. The van der Waals surface area contributed by atoms with E-state index in [-0.39, 0.29) is 17.0 Å². The Morgan fingerprint density at radius 2 is 2.03 bits per heavy atom. The third-order valence-corrected chi connectivity index (χ3v) is 7.10. The number of amides is 1. The Kier molecular flexibility index (Phi) is 8.69. The number of nitrogens with zero attached hydrogens (tertiary/aromatic N) is 3. The lowest BCUT2D eigenvalue weighted by molar-refractivity contribution is -0.122. The van der Waals surface area contributed by atoms with Gasteiger partial charge in [-0.05, 0) is 44.4 Å². The van der Waals surface area contributed by atoms with E-state index in [2.05, 4.69) is 16.4 Å². The van der Waals surface area contributed by atoms with Gasteiger partial charge in [-0.25, -0.2) is 9.78 Å². The van der Waals surface area contributed by atoms with Gasteiger partial charge < -0.3 is 14.8 Å². The van der Waals surface area contributed by atoms with E-state index < -0.39 is 16.8 Å². The van der Waals surface area contributed by atoms with E-state index in [0.29, 0.717) is 48.5 Å². The molecule has 3 rings (SSSR count). The molecule has 182 valence electrons. The largest absolute Gasteiger partial charge is 0.465 e. The van der Waals surface area contributed by atoms with Gasteiger partial charge in [-0.1, -0.05) is 31.0 Å². The number of carbonyl (C=O) groups excluding carboxylic acids is 2. The summed E-state index contributed by atoms with van der Waals surface area (Å²) in [6.45, 7) is 2.57. The summed E-state index contributed by atoms with van der Waals surface area (Å²) >= 11 is 1.16. The van der Waals surface area contributed by atoms with Gasteiger partial charge in [0.25, 0.3) is 5.56 Å². The lowest BCUT2D eigenvalue weighted by atomic mass is 9.83. The maximum absolute atomic E-state index is 13.3. The van der Waals surface area contributed by atoms with Gasteiger partial charge in [0.1, 0.15) is 5.54 Å². The number of methoxy groups -OCH3 is 2. The molecule has 1 amide bonds. The molecule has 1 aromatic carbocycles. The highest BCUT2D eigenvalue weighted by atomic mass is 32.2. The van der Waals surface area contributed by atoms with Crippen molar-refractivity contribution in [2.24, 2.45) is 0 Å². The van der Waals surface area contributed by atoms with Crippen LogP contribution in [0.3, 0.4) is 0 Å². The highest BCUT2D eigenvalue weighted by molar-refractivity contribution is 8.00. The van der Waals surface area contributed by atoms with E-state index in [1.807, 2.05) is 0 Å². The Hall–Kier alpha value is -2.90. The molecule has 1 unspecified atom stereocenters. The molecule has 2 aromatic rings. The number of hydrogen-bond acceptors (Lipinski definition) is 8. The minimum Gasteiger partial charge on any atom is -0.465 e. The van der Waals surface area contributed by atoms with E-state index >= 15 is 0 Å². The van der Waals surface area contributed by atoms with Gasteiger partial charge in [-0.2, -0.15) is 5.26 Å². The predicted molar refractivity (Wildman–Crippen MR) is 129 cm³/mol. The number of hydrogen-bond donors (Lipinski definition) is 1. The Morgan fingerprint density at radius 1 is 1.29 bits per heavy atom. The number of carbonyl (C=O) groups is 2. The molecule has 10 heteroatoms. The number of nitriles is 1. The first kappa shape index (κ1) is 25.7. The standard InChI is InChI=1S/C24H30N4O5S/c1-16(20(29)27-24(15-25)10-5-4-6-11-24)34-23-26-19-14-17(22(31)33-3)8-9-18(19)21(30)28(23)12-7-13-32-2/h8-9,14,16H,4-7,10-13H2,1-3H3,(H,27,29). The molecule has 0 saturated heterocycles. The number of ether oxygens (including phenoxy) is 2. The first-order chi connectivity index (χ1) is 16.3. The minimum atomic E-state index is -0.839. The van der Waals surface area contributed by atoms with Crippen LogP contribution in [0.1, 0.15) is 55.8 Å². The number of nitrogens with one attached hydrogen (secondary N) is 1. The van der Waals surface area contributed by atoms with E-state index in [4.69, 9.17) is 9.47 Å². The number of aromatic nitrogens is 2. The van der Waals surface area contributed by atoms with Crippen LogP contribution >= 0.6 is 11.8 Å². The monoisotopic (exact) mass is 486 g/mol. The molecule has 0 spiro atoms. The van der Waals surface area contributed by atoms with Gasteiger partial charge in [0.05, 0.1) is 34.9 Å². The highest BCUT2D eigenvalue weighted by Crippen LogP contribution is 2.29. The second-order valence-corrected chi connectivity index (χ2v) is 9.73. The smallest absolute Gasteiger partial charge is 0.337 e. The van der Waals surface area contributed by atoms with Crippen molar-refractivity contribution in [3.8, 4) is 6.07 Å². The van der Waals surface area contributed by atoms with Crippen LogP contribution in [0.15, 0.2) is 28.2 Å². The molecule has 0 radical (unpaired) electrons. The maximum Gasteiger partial charge on any atom is 0.337 e. The average Bonchev–Trinajstić information content (AvgIpc) is 2.85. The minimum absolute atomic E-state index is 0.256. The Morgan fingerprint density at radius 3 is 2.68 bits per heavy atom.